The number of benzene rings is 1. The Kier molecular flexibility index (Phi) is 5.81. The van der Waals surface area contributed by atoms with Gasteiger partial charge in [0.1, 0.15) is 29.3 Å². The first-order chi connectivity index (χ1) is 11.4. The molecule has 1 aromatic heterocycles. The van der Waals surface area contributed by atoms with Gasteiger partial charge < -0.3 is 20.1 Å². The molecule has 8 heteroatoms. The van der Waals surface area contributed by atoms with Crippen LogP contribution >= 0.6 is 11.6 Å². The van der Waals surface area contributed by atoms with Crippen molar-refractivity contribution in [3.8, 4) is 11.5 Å². The van der Waals surface area contributed by atoms with Gasteiger partial charge in [-0.1, -0.05) is 11.6 Å². The van der Waals surface area contributed by atoms with Gasteiger partial charge in [0.25, 0.3) is 5.91 Å². The van der Waals surface area contributed by atoms with Crippen molar-refractivity contribution in [1.82, 2.24) is 15.3 Å². The predicted octanol–water partition coefficient (Wildman–Crippen LogP) is 3.03. The lowest BCUT2D eigenvalue weighted by atomic mass is 10.2. The Labute approximate surface area is 145 Å². The first-order valence-corrected chi connectivity index (χ1v) is 7.63. The summed E-state index contributed by atoms with van der Waals surface area (Å²) in [5, 5.41) is 6.29. The van der Waals surface area contributed by atoms with E-state index in [1.165, 1.54) is 20.5 Å². The number of methoxy groups -OCH3 is 2. The molecule has 1 amide bonds. The Morgan fingerprint density at radius 3 is 2.46 bits per heavy atom. The number of carbonyl (C=O) groups excluding carboxylic acids is 1. The molecule has 0 aliphatic heterocycles. The lowest BCUT2D eigenvalue weighted by Crippen LogP contribution is -2.30. The lowest BCUT2D eigenvalue weighted by molar-refractivity contribution is 0.0938. The molecule has 24 heavy (non-hydrogen) atoms. The number of nitrogens with one attached hydrogen (secondary N) is 2. The largest absolute Gasteiger partial charge is 0.495 e. The van der Waals surface area contributed by atoms with Gasteiger partial charge in [-0.05, 0) is 13.8 Å². The second-order valence-electron chi connectivity index (χ2n) is 5.23. The fourth-order valence-electron chi connectivity index (χ4n) is 1.98. The number of carbonyl (C=O) groups is 1. The highest BCUT2D eigenvalue weighted by Gasteiger charge is 2.13. The number of amides is 1. The van der Waals surface area contributed by atoms with Gasteiger partial charge in [-0.15, -0.1) is 0 Å². The van der Waals surface area contributed by atoms with Crippen molar-refractivity contribution >= 4 is 29.0 Å². The van der Waals surface area contributed by atoms with Crippen LogP contribution in [0.3, 0.4) is 0 Å². The number of nitrogens with zero attached hydrogens (tertiary/aromatic N) is 2. The van der Waals surface area contributed by atoms with Gasteiger partial charge in [0.05, 0.1) is 24.9 Å². The standard InChI is InChI=1S/C16H19ClN4O3/c1-9(2)20-16(22)12-7-15(19-8-18-12)21-11-6-13(23-3)10(17)5-14(11)24-4/h5-9H,1-4H3,(H,20,22)(H,18,19,21). The molecule has 2 rings (SSSR count). The number of anilines is 2. The van der Waals surface area contributed by atoms with E-state index in [1.54, 1.807) is 18.2 Å². The Bertz CT molecular complexity index is 737. The average molecular weight is 351 g/mol. The summed E-state index contributed by atoms with van der Waals surface area (Å²) in [6, 6.07) is 4.90. The smallest absolute Gasteiger partial charge is 0.270 e. The van der Waals surface area contributed by atoms with Crippen molar-refractivity contribution < 1.29 is 14.3 Å². The molecule has 0 saturated heterocycles. The number of hydrogen-bond donors (Lipinski definition) is 2. The van der Waals surface area contributed by atoms with Crippen LogP contribution in [0.1, 0.15) is 24.3 Å². The summed E-state index contributed by atoms with van der Waals surface area (Å²) in [6.45, 7) is 3.76. The fraction of sp³-hybridized carbons (Fsp3) is 0.312. The van der Waals surface area contributed by atoms with Crippen LogP contribution in [0, 0.1) is 0 Å². The van der Waals surface area contributed by atoms with Gasteiger partial charge in [-0.2, -0.15) is 0 Å². The summed E-state index contributed by atoms with van der Waals surface area (Å²) in [5.74, 6) is 1.19. The second kappa shape index (κ2) is 7.83. The zero-order valence-corrected chi connectivity index (χ0v) is 14.6. The van der Waals surface area contributed by atoms with E-state index in [2.05, 4.69) is 20.6 Å². The zero-order chi connectivity index (χ0) is 17.7. The van der Waals surface area contributed by atoms with Gasteiger partial charge in [0, 0.05) is 24.2 Å². The molecule has 0 saturated carbocycles. The van der Waals surface area contributed by atoms with E-state index >= 15 is 0 Å². The summed E-state index contributed by atoms with van der Waals surface area (Å²) < 4.78 is 10.5. The van der Waals surface area contributed by atoms with Crippen molar-refractivity contribution in [3.63, 3.8) is 0 Å². The van der Waals surface area contributed by atoms with Crippen LogP contribution in [0.5, 0.6) is 11.5 Å². The van der Waals surface area contributed by atoms with Crippen molar-refractivity contribution in [2.45, 2.75) is 19.9 Å². The van der Waals surface area contributed by atoms with E-state index < -0.39 is 0 Å². The maximum atomic E-state index is 12.0. The molecule has 0 aliphatic rings. The van der Waals surface area contributed by atoms with Gasteiger partial charge in [0.15, 0.2) is 0 Å². The maximum absolute atomic E-state index is 12.0. The number of ether oxygens (including phenoxy) is 2. The van der Waals surface area contributed by atoms with Gasteiger partial charge in [-0.3, -0.25) is 4.79 Å². The molecule has 7 nitrogen and oxygen atoms in total. The second-order valence-corrected chi connectivity index (χ2v) is 5.64. The molecule has 0 atom stereocenters. The molecule has 2 aromatic rings. The van der Waals surface area contributed by atoms with Gasteiger partial charge >= 0.3 is 0 Å². The Balaban J connectivity index is 2.30. The minimum atomic E-state index is -0.267. The number of hydrogen-bond acceptors (Lipinski definition) is 6. The van der Waals surface area contributed by atoms with Crippen molar-refractivity contribution in [2.24, 2.45) is 0 Å². The number of halogens is 1. The topological polar surface area (TPSA) is 85.4 Å². The molecular formula is C16H19ClN4O3. The third-order valence-corrected chi connectivity index (χ3v) is 3.35. The van der Waals surface area contributed by atoms with E-state index in [0.29, 0.717) is 28.0 Å². The first-order valence-electron chi connectivity index (χ1n) is 7.26. The first kappa shape index (κ1) is 17.8. The summed E-state index contributed by atoms with van der Waals surface area (Å²) in [5.41, 5.74) is 0.869. The minimum Gasteiger partial charge on any atom is -0.495 e. The van der Waals surface area contributed by atoms with Crippen molar-refractivity contribution in [1.29, 1.82) is 0 Å². The highest BCUT2D eigenvalue weighted by atomic mass is 35.5. The lowest BCUT2D eigenvalue weighted by Gasteiger charge is -2.14. The monoisotopic (exact) mass is 350 g/mol. The summed E-state index contributed by atoms with van der Waals surface area (Å²) >= 11 is 6.09. The molecule has 0 fully saturated rings. The Morgan fingerprint density at radius 1 is 1.12 bits per heavy atom. The van der Waals surface area contributed by atoms with Crippen LogP contribution in [-0.4, -0.2) is 36.1 Å². The highest BCUT2D eigenvalue weighted by molar-refractivity contribution is 6.32. The quantitative estimate of drug-likeness (QED) is 0.833. The van der Waals surface area contributed by atoms with E-state index in [0.717, 1.165) is 0 Å². The minimum absolute atomic E-state index is 0.0181. The molecule has 0 aliphatic carbocycles. The Morgan fingerprint density at radius 2 is 1.83 bits per heavy atom. The molecule has 128 valence electrons. The van der Waals surface area contributed by atoms with Gasteiger partial charge in [0.2, 0.25) is 0 Å². The number of aromatic nitrogens is 2. The maximum Gasteiger partial charge on any atom is 0.270 e. The van der Waals surface area contributed by atoms with Crippen LogP contribution in [0.15, 0.2) is 24.5 Å². The van der Waals surface area contributed by atoms with Crippen molar-refractivity contribution in [2.75, 3.05) is 19.5 Å². The van der Waals surface area contributed by atoms with Crippen molar-refractivity contribution in [3.05, 3.63) is 35.2 Å². The predicted molar refractivity (Wildman–Crippen MR) is 92.5 cm³/mol. The van der Waals surface area contributed by atoms with Crippen LogP contribution in [0.4, 0.5) is 11.5 Å². The summed E-state index contributed by atoms with van der Waals surface area (Å²) in [6.07, 6.45) is 1.32. The van der Waals surface area contributed by atoms with E-state index in [1.807, 2.05) is 13.8 Å². The van der Waals surface area contributed by atoms with Gasteiger partial charge in [-0.25, -0.2) is 9.97 Å². The van der Waals surface area contributed by atoms with E-state index in [4.69, 9.17) is 21.1 Å². The molecular weight excluding hydrogens is 332 g/mol. The normalized spacial score (nSPS) is 10.4. The molecule has 2 N–H and O–H groups in total. The SMILES string of the molecule is COc1cc(Nc2cc(C(=O)NC(C)C)ncn2)c(OC)cc1Cl. The third-order valence-electron chi connectivity index (χ3n) is 3.06. The average Bonchev–Trinajstić information content (AvgIpc) is 2.55. The molecule has 0 spiro atoms. The molecule has 0 radical (unpaired) electrons. The molecule has 1 aromatic carbocycles. The zero-order valence-electron chi connectivity index (χ0n) is 13.9. The fourth-order valence-corrected chi connectivity index (χ4v) is 2.21. The van der Waals surface area contributed by atoms with Crippen LogP contribution in [0.2, 0.25) is 5.02 Å². The summed E-state index contributed by atoms with van der Waals surface area (Å²) in [4.78, 5) is 20.1. The third kappa shape index (κ3) is 4.26. The molecule has 0 unspecified atom stereocenters. The van der Waals surface area contributed by atoms with Crippen LogP contribution in [0.25, 0.3) is 0 Å². The number of rotatable bonds is 6. The van der Waals surface area contributed by atoms with Crippen LogP contribution in [-0.2, 0) is 0 Å². The van der Waals surface area contributed by atoms with E-state index in [9.17, 15) is 4.79 Å². The highest BCUT2D eigenvalue weighted by Crippen LogP contribution is 2.37. The molecule has 1 heterocycles. The Hall–Kier alpha value is -2.54. The van der Waals surface area contributed by atoms with E-state index in [-0.39, 0.29) is 17.6 Å². The van der Waals surface area contributed by atoms with Crippen LogP contribution < -0.4 is 20.1 Å². The molecule has 0 bridgehead atoms. The summed E-state index contributed by atoms with van der Waals surface area (Å²) in [7, 11) is 3.06.